The third-order valence-corrected chi connectivity index (χ3v) is 3.81. The van der Waals surface area contributed by atoms with Crippen LogP contribution in [0, 0.1) is 11.3 Å². The number of benzene rings is 2. The minimum atomic E-state index is -0.305. The summed E-state index contributed by atoms with van der Waals surface area (Å²) in [6.45, 7) is 1.71. The Morgan fingerprint density at radius 2 is 2.12 bits per heavy atom. The number of anilines is 1. The van der Waals surface area contributed by atoms with Gasteiger partial charge in [-0.05, 0) is 42.0 Å². The molecule has 2 aromatic carbocycles. The van der Waals surface area contributed by atoms with Crippen molar-refractivity contribution in [1.82, 2.24) is 5.32 Å². The van der Waals surface area contributed by atoms with E-state index < -0.39 is 0 Å². The van der Waals surface area contributed by atoms with E-state index >= 15 is 0 Å². The molecule has 2 amide bonds. The van der Waals surface area contributed by atoms with Crippen molar-refractivity contribution in [3.63, 3.8) is 0 Å². The molecule has 1 heterocycles. The summed E-state index contributed by atoms with van der Waals surface area (Å²) in [5.41, 5.74) is 2.12. The quantitative estimate of drug-likeness (QED) is 0.878. The molecule has 6 nitrogen and oxygen atoms in total. The van der Waals surface area contributed by atoms with E-state index in [-0.39, 0.29) is 12.1 Å². The Bertz CT molecular complexity index is 762. The van der Waals surface area contributed by atoms with Crippen LogP contribution in [0.3, 0.4) is 0 Å². The van der Waals surface area contributed by atoms with Crippen molar-refractivity contribution in [3.05, 3.63) is 59.7 Å². The molecule has 1 aliphatic heterocycles. The molecule has 0 unspecified atom stereocenters. The monoisotopic (exact) mass is 337 g/mol. The number of amides is 2. The molecule has 128 valence electrons. The molecule has 0 radical (unpaired) electrons. The van der Waals surface area contributed by atoms with Gasteiger partial charge in [0.2, 0.25) is 0 Å². The molecule has 1 atom stereocenters. The topological polar surface area (TPSA) is 83.4 Å². The molecule has 0 aliphatic carbocycles. The highest BCUT2D eigenvalue weighted by molar-refractivity contribution is 5.89. The van der Waals surface area contributed by atoms with Gasteiger partial charge >= 0.3 is 6.03 Å². The second kappa shape index (κ2) is 8.18. The zero-order chi connectivity index (χ0) is 17.5. The van der Waals surface area contributed by atoms with Gasteiger partial charge in [-0.2, -0.15) is 5.26 Å². The molecule has 0 saturated carbocycles. The minimum absolute atomic E-state index is 0.103. The van der Waals surface area contributed by atoms with Crippen LogP contribution in [0.4, 0.5) is 10.5 Å². The van der Waals surface area contributed by atoms with Crippen LogP contribution in [0.1, 0.15) is 17.5 Å². The first-order valence-corrected chi connectivity index (χ1v) is 8.11. The third-order valence-electron chi connectivity index (χ3n) is 3.81. The van der Waals surface area contributed by atoms with Gasteiger partial charge in [0.1, 0.15) is 11.9 Å². The highest BCUT2D eigenvalue weighted by Gasteiger charge is 2.16. The third kappa shape index (κ3) is 4.96. The Kier molecular flexibility index (Phi) is 5.50. The second-order valence-corrected chi connectivity index (χ2v) is 5.75. The lowest BCUT2D eigenvalue weighted by atomic mass is 10.1. The molecule has 0 spiro atoms. The van der Waals surface area contributed by atoms with Crippen LogP contribution in [-0.2, 0) is 11.3 Å². The number of hydrogen-bond acceptors (Lipinski definition) is 4. The summed E-state index contributed by atoms with van der Waals surface area (Å²) in [7, 11) is 0. The van der Waals surface area contributed by atoms with E-state index in [9.17, 15) is 4.79 Å². The van der Waals surface area contributed by atoms with Gasteiger partial charge in [0.05, 0.1) is 24.8 Å². The van der Waals surface area contributed by atoms with Gasteiger partial charge in [0.25, 0.3) is 0 Å². The molecule has 3 rings (SSSR count). The number of urea groups is 1. The van der Waals surface area contributed by atoms with Crippen LogP contribution in [0.5, 0.6) is 5.75 Å². The molecule has 1 saturated heterocycles. The summed E-state index contributed by atoms with van der Waals surface area (Å²) in [5.74, 6) is 0.759. The van der Waals surface area contributed by atoms with Gasteiger partial charge in [-0.25, -0.2) is 4.79 Å². The van der Waals surface area contributed by atoms with Crippen LogP contribution in [0.2, 0.25) is 0 Å². The highest BCUT2D eigenvalue weighted by Crippen LogP contribution is 2.19. The maximum atomic E-state index is 12.0. The number of nitriles is 1. The van der Waals surface area contributed by atoms with E-state index in [1.165, 1.54) is 0 Å². The van der Waals surface area contributed by atoms with Crippen molar-refractivity contribution in [1.29, 1.82) is 5.26 Å². The lowest BCUT2D eigenvalue weighted by Gasteiger charge is -2.12. The predicted molar refractivity (Wildman–Crippen MR) is 93.3 cm³/mol. The van der Waals surface area contributed by atoms with Gasteiger partial charge < -0.3 is 20.1 Å². The number of ether oxygens (including phenoxy) is 2. The Morgan fingerprint density at radius 3 is 2.84 bits per heavy atom. The molecule has 6 heteroatoms. The summed E-state index contributed by atoms with van der Waals surface area (Å²) in [4.78, 5) is 12.0. The van der Waals surface area contributed by atoms with E-state index in [1.54, 1.807) is 30.3 Å². The van der Waals surface area contributed by atoms with E-state index in [0.717, 1.165) is 24.3 Å². The zero-order valence-electron chi connectivity index (χ0n) is 13.7. The van der Waals surface area contributed by atoms with Crippen molar-refractivity contribution in [2.24, 2.45) is 0 Å². The fraction of sp³-hybridized carbons (Fsp3) is 0.263. The van der Waals surface area contributed by atoms with Crippen LogP contribution in [-0.4, -0.2) is 25.3 Å². The Labute approximate surface area is 146 Å². The van der Waals surface area contributed by atoms with Crippen molar-refractivity contribution in [2.45, 2.75) is 19.1 Å². The van der Waals surface area contributed by atoms with Crippen molar-refractivity contribution in [3.8, 4) is 11.8 Å². The largest absolute Gasteiger partial charge is 0.488 e. The number of nitrogens with one attached hydrogen (secondary N) is 2. The molecule has 2 aromatic rings. The number of rotatable bonds is 5. The zero-order valence-corrected chi connectivity index (χ0v) is 13.7. The fourth-order valence-corrected chi connectivity index (χ4v) is 2.52. The van der Waals surface area contributed by atoms with Crippen LogP contribution < -0.4 is 15.4 Å². The molecule has 1 aliphatic rings. The van der Waals surface area contributed by atoms with E-state index in [4.69, 9.17) is 14.7 Å². The number of carbonyl (C=O) groups excluding carboxylic acids is 1. The van der Waals surface area contributed by atoms with E-state index in [2.05, 4.69) is 16.7 Å². The lowest BCUT2D eigenvalue weighted by Crippen LogP contribution is -2.28. The van der Waals surface area contributed by atoms with Crippen molar-refractivity contribution >= 4 is 11.7 Å². The van der Waals surface area contributed by atoms with Crippen LogP contribution in [0.25, 0.3) is 0 Å². The van der Waals surface area contributed by atoms with Gasteiger partial charge in [-0.15, -0.1) is 0 Å². The summed E-state index contributed by atoms with van der Waals surface area (Å²) < 4.78 is 11.1. The van der Waals surface area contributed by atoms with Crippen LogP contribution in [0.15, 0.2) is 48.5 Å². The van der Waals surface area contributed by atoms with Crippen LogP contribution >= 0.6 is 0 Å². The van der Waals surface area contributed by atoms with Gasteiger partial charge in [-0.3, -0.25) is 0 Å². The summed E-state index contributed by atoms with van der Waals surface area (Å²) in [6.07, 6.45) is 1.00. The van der Waals surface area contributed by atoms with Gasteiger partial charge in [0, 0.05) is 18.7 Å². The molecule has 2 N–H and O–H groups in total. The molecule has 1 fully saturated rings. The maximum absolute atomic E-state index is 12.0. The predicted octanol–water partition coefficient (Wildman–Crippen LogP) is 3.05. The smallest absolute Gasteiger partial charge is 0.319 e. The first kappa shape index (κ1) is 16.8. The molecular weight excluding hydrogens is 318 g/mol. The molecular formula is C19H19N3O3. The SMILES string of the molecule is N#Cc1cccc(CNC(=O)Nc2ccc(O[C@H]3CCOC3)cc2)c1. The number of nitrogens with zero attached hydrogens (tertiary/aromatic N) is 1. The maximum Gasteiger partial charge on any atom is 0.319 e. The molecule has 0 aromatic heterocycles. The fourth-order valence-electron chi connectivity index (χ4n) is 2.52. The Balaban J connectivity index is 1.48. The van der Waals surface area contributed by atoms with Crippen molar-refractivity contribution < 1.29 is 14.3 Å². The Hall–Kier alpha value is -3.04. The molecule has 25 heavy (non-hydrogen) atoms. The number of hydrogen-bond donors (Lipinski definition) is 2. The van der Waals surface area contributed by atoms with Gasteiger partial charge in [-0.1, -0.05) is 12.1 Å². The number of carbonyl (C=O) groups is 1. The normalized spacial score (nSPS) is 16.0. The first-order chi connectivity index (χ1) is 12.2. The highest BCUT2D eigenvalue weighted by atomic mass is 16.5. The standard InChI is InChI=1S/C19H19N3O3/c20-11-14-2-1-3-15(10-14)12-21-19(23)22-16-4-6-17(7-5-16)25-18-8-9-24-13-18/h1-7,10,18H,8-9,12-13H2,(H2,21,22,23)/t18-/m0/s1. The lowest BCUT2D eigenvalue weighted by molar-refractivity contribution is 0.141. The van der Waals surface area contributed by atoms with E-state index in [0.29, 0.717) is 24.4 Å². The summed E-state index contributed by atoms with van der Waals surface area (Å²) in [5, 5.41) is 14.4. The molecule has 0 bridgehead atoms. The van der Waals surface area contributed by atoms with Gasteiger partial charge in [0.15, 0.2) is 0 Å². The first-order valence-electron chi connectivity index (χ1n) is 8.11. The second-order valence-electron chi connectivity index (χ2n) is 5.75. The summed E-state index contributed by atoms with van der Waals surface area (Å²) in [6, 6.07) is 16.1. The average Bonchev–Trinajstić information content (AvgIpc) is 3.15. The summed E-state index contributed by atoms with van der Waals surface area (Å²) >= 11 is 0. The van der Waals surface area contributed by atoms with Crippen molar-refractivity contribution in [2.75, 3.05) is 18.5 Å². The van der Waals surface area contributed by atoms with E-state index in [1.807, 2.05) is 18.2 Å². The Morgan fingerprint density at radius 1 is 1.28 bits per heavy atom. The average molecular weight is 337 g/mol. The minimum Gasteiger partial charge on any atom is -0.488 e.